The van der Waals surface area contributed by atoms with Crippen LogP contribution in [0.2, 0.25) is 5.02 Å². The topological polar surface area (TPSA) is 57.9 Å². The van der Waals surface area contributed by atoms with Crippen LogP contribution in [0.4, 0.5) is 4.39 Å². The number of nitrogens with zero attached hydrogens (tertiary/aromatic N) is 4. The number of hydrogen-bond acceptors (Lipinski definition) is 3. The predicted molar refractivity (Wildman–Crippen MR) is 82.9 cm³/mol. The number of amides is 2. The third kappa shape index (κ3) is 2.88. The van der Waals surface area contributed by atoms with E-state index in [4.69, 9.17) is 11.6 Å². The first-order valence-corrected chi connectivity index (χ1v) is 7.71. The van der Waals surface area contributed by atoms with Gasteiger partial charge in [-0.25, -0.2) is 8.91 Å². The van der Waals surface area contributed by atoms with Gasteiger partial charge in [-0.2, -0.15) is 5.10 Å². The molecule has 2 aromatic heterocycles. The number of likely N-dealkylation sites (N-methyl/N-ethyl adjacent to an activating group) is 1. The number of rotatable bonds is 4. The lowest BCUT2D eigenvalue weighted by atomic mass is 10.2. The van der Waals surface area contributed by atoms with E-state index < -0.39 is 5.82 Å². The molecule has 0 N–H and O–H groups in total. The van der Waals surface area contributed by atoms with Crippen LogP contribution in [0.25, 0.3) is 5.52 Å². The fourth-order valence-electron chi connectivity index (χ4n) is 2.69. The summed E-state index contributed by atoms with van der Waals surface area (Å²) in [5.74, 6) is -0.911. The Labute approximate surface area is 137 Å². The summed E-state index contributed by atoms with van der Waals surface area (Å²) in [7, 11) is 1.62. The molecule has 1 aliphatic rings. The number of carbonyl (C=O) groups is 2. The van der Waals surface area contributed by atoms with Crippen molar-refractivity contribution in [2.75, 3.05) is 26.7 Å². The Morgan fingerprint density at radius 2 is 2.30 bits per heavy atom. The minimum atomic E-state index is -0.668. The van der Waals surface area contributed by atoms with E-state index >= 15 is 0 Å². The van der Waals surface area contributed by atoms with Crippen LogP contribution in [0.3, 0.4) is 0 Å². The molecule has 122 valence electrons. The maximum Gasteiger partial charge on any atom is 0.257 e. The normalized spacial score (nSPS) is 14.7. The Morgan fingerprint density at radius 3 is 3.00 bits per heavy atom. The van der Waals surface area contributed by atoms with E-state index in [1.54, 1.807) is 11.9 Å². The van der Waals surface area contributed by atoms with Crippen molar-refractivity contribution < 1.29 is 14.0 Å². The molecule has 0 radical (unpaired) electrons. The third-order valence-electron chi connectivity index (χ3n) is 4.03. The second-order valence-corrected chi connectivity index (χ2v) is 5.95. The molecular formula is C15H16ClFN4O2. The molecule has 1 fully saturated rings. The van der Waals surface area contributed by atoms with Crippen molar-refractivity contribution in [3.63, 3.8) is 0 Å². The highest BCUT2D eigenvalue weighted by molar-refractivity contribution is 6.31. The van der Waals surface area contributed by atoms with E-state index in [0.717, 1.165) is 13.0 Å². The van der Waals surface area contributed by atoms with Gasteiger partial charge in [0, 0.05) is 39.3 Å². The quantitative estimate of drug-likeness (QED) is 0.854. The van der Waals surface area contributed by atoms with E-state index in [1.165, 1.54) is 27.9 Å². The van der Waals surface area contributed by atoms with Gasteiger partial charge in [-0.1, -0.05) is 11.6 Å². The van der Waals surface area contributed by atoms with E-state index in [0.29, 0.717) is 19.5 Å². The van der Waals surface area contributed by atoms with Crippen molar-refractivity contribution in [3.05, 3.63) is 34.9 Å². The number of hydrogen-bond donors (Lipinski definition) is 0. The number of carbonyl (C=O) groups excluding carboxylic acids is 2. The second kappa shape index (κ2) is 6.16. The summed E-state index contributed by atoms with van der Waals surface area (Å²) in [6, 6.07) is 1.38. The molecule has 0 bridgehead atoms. The van der Waals surface area contributed by atoms with Crippen LogP contribution in [-0.2, 0) is 4.79 Å². The monoisotopic (exact) mass is 338 g/mol. The third-order valence-corrected chi connectivity index (χ3v) is 4.32. The lowest BCUT2D eigenvalue weighted by Crippen LogP contribution is -2.36. The average Bonchev–Trinajstić information content (AvgIpc) is 3.14. The molecule has 2 aromatic rings. The fraction of sp³-hybridized carbons (Fsp3) is 0.400. The van der Waals surface area contributed by atoms with Gasteiger partial charge in [0.05, 0.1) is 16.8 Å². The Kier molecular flexibility index (Phi) is 4.21. The van der Waals surface area contributed by atoms with Gasteiger partial charge in [-0.3, -0.25) is 9.59 Å². The number of halogens is 2. The van der Waals surface area contributed by atoms with Crippen LogP contribution in [0.1, 0.15) is 23.2 Å². The Balaban J connectivity index is 1.77. The maximum atomic E-state index is 14.2. The Bertz CT molecular complexity index is 776. The molecule has 0 spiro atoms. The molecular weight excluding hydrogens is 323 g/mol. The van der Waals surface area contributed by atoms with Gasteiger partial charge in [-0.05, 0) is 12.5 Å². The SMILES string of the molecule is CN(CCN1CCCC1=O)C(=O)c1cnn2ccc(Cl)c(F)c12. The molecule has 1 saturated heterocycles. The van der Waals surface area contributed by atoms with Crippen LogP contribution in [0, 0.1) is 5.82 Å². The fourth-order valence-corrected chi connectivity index (χ4v) is 2.84. The molecule has 3 rings (SSSR count). The minimum absolute atomic E-state index is 0.0580. The predicted octanol–water partition coefficient (Wildman–Crippen LogP) is 1.82. The van der Waals surface area contributed by atoms with Gasteiger partial charge in [0.15, 0.2) is 5.82 Å². The van der Waals surface area contributed by atoms with Gasteiger partial charge < -0.3 is 9.80 Å². The van der Waals surface area contributed by atoms with E-state index in [2.05, 4.69) is 5.10 Å². The van der Waals surface area contributed by atoms with Crippen molar-refractivity contribution >= 4 is 28.9 Å². The van der Waals surface area contributed by atoms with Crippen molar-refractivity contribution in [1.29, 1.82) is 0 Å². The van der Waals surface area contributed by atoms with Crippen LogP contribution in [0.5, 0.6) is 0 Å². The van der Waals surface area contributed by atoms with Crippen LogP contribution < -0.4 is 0 Å². The first-order chi connectivity index (χ1) is 11.0. The zero-order chi connectivity index (χ0) is 16.6. The molecule has 6 nitrogen and oxygen atoms in total. The highest BCUT2D eigenvalue weighted by atomic mass is 35.5. The molecule has 0 unspecified atom stereocenters. The molecule has 0 atom stereocenters. The standard InChI is InChI=1S/C15H16ClFN4O2/c1-19(7-8-20-5-2-3-12(20)22)15(23)10-9-18-21-6-4-11(16)13(17)14(10)21/h4,6,9H,2-3,5,7-8H2,1H3. The highest BCUT2D eigenvalue weighted by Gasteiger charge is 2.23. The van der Waals surface area contributed by atoms with E-state index in [9.17, 15) is 14.0 Å². The second-order valence-electron chi connectivity index (χ2n) is 5.54. The number of fused-ring (bicyclic) bond motifs is 1. The molecule has 1 aliphatic heterocycles. The van der Waals surface area contributed by atoms with Gasteiger partial charge >= 0.3 is 0 Å². The summed E-state index contributed by atoms with van der Waals surface area (Å²) >= 11 is 5.78. The van der Waals surface area contributed by atoms with Crippen molar-refractivity contribution in [1.82, 2.24) is 19.4 Å². The molecule has 0 aromatic carbocycles. The van der Waals surface area contributed by atoms with E-state index in [-0.39, 0.29) is 27.9 Å². The summed E-state index contributed by atoms with van der Waals surface area (Å²) in [6.07, 6.45) is 4.25. The number of pyridine rings is 1. The smallest absolute Gasteiger partial charge is 0.257 e. The highest BCUT2D eigenvalue weighted by Crippen LogP contribution is 2.22. The van der Waals surface area contributed by atoms with Gasteiger partial charge in [0.25, 0.3) is 5.91 Å². The summed E-state index contributed by atoms with van der Waals surface area (Å²) in [5, 5.41) is 3.92. The molecule has 0 aliphatic carbocycles. The Morgan fingerprint density at radius 1 is 1.52 bits per heavy atom. The summed E-state index contributed by atoms with van der Waals surface area (Å²) in [5.41, 5.74) is 0.215. The van der Waals surface area contributed by atoms with Crippen molar-refractivity contribution in [2.24, 2.45) is 0 Å². The lowest BCUT2D eigenvalue weighted by Gasteiger charge is -2.21. The zero-order valence-electron chi connectivity index (χ0n) is 12.6. The van der Waals surface area contributed by atoms with Gasteiger partial charge in [0.1, 0.15) is 5.52 Å². The van der Waals surface area contributed by atoms with Gasteiger partial charge in [-0.15, -0.1) is 0 Å². The molecule has 8 heteroatoms. The average molecular weight is 339 g/mol. The first-order valence-electron chi connectivity index (χ1n) is 7.33. The van der Waals surface area contributed by atoms with Crippen molar-refractivity contribution in [2.45, 2.75) is 12.8 Å². The molecule has 23 heavy (non-hydrogen) atoms. The maximum absolute atomic E-state index is 14.2. The summed E-state index contributed by atoms with van der Waals surface area (Å²) in [4.78, 5) is 27.3. The molecule has 2 amide bonds. The minimum Gasteiger partial charge on any atom is -0.341 e. The largest absolute Gasteiger partial charge is 0.341 e. The van der Waals surface area contributed by atoms with Gasteiger partial charge in [0.2, 0.25) is 5.91 Å². The zero-order valence-corrected chi connectivity index (χ0v) is 13.4. The Hall–Kier alpha value is -2.15. The first kappa shape index (κ1) is 15.7. The summed E-state index contributed by atoms with van der Waals surface area (Å²) in [6.45, 7) is 1.58. The number of likely N-dealkylation sites (tertiary alicyclic amines) is 1. The summed E-state index contributed by atoms with van der Waals surface area (Å²) < 4.78 is 15.5. The lowest BCUT2D eigenvalue weighted by molar-refractivity contribution is -0.127. The van der Waals surface area contributed by atoms with Crippen LogP contribution in [0.15, 0.2) is 18.5 Å². The van der Waals surface area contributed by atoms with Crippen LogP contribution >= 0.6 is 11.6 Å². The van der Waals surface area contributed by atoms with Crippen molar-refractivity contribution in [3.8, 4) is 0 Å². The van der Waals surface area contributed by atoms with E-state index in [1.807, 2.05) is 0 Å². The van der Waals surface area contributed by atoms with Crippen LogP contribution in [-0.4, -0.2) is 57.9 Å². The number of aromatic nitrogens is 2. The molecule has 0 saturated carbocycles. The molecule has 3 heterocycles.